The van der Waals surface area contributed by atoms with E-state index in [1.165, 1.54) is 11.1 Å². The summed E-state index contributed by atoms with van der Waals surface area (Å²) in [6.07, 6.45) is 1.30. The van der Waals surface area contributed by atoms with Crippen molar-refractivity contribution in [2.45, 2.75) is 50.6 Å². The third-order valence-corrected chi connectivity index (χ3v) is 7.25. The van der Waals surface area contributed by atoms with E-state index in [9.17, 15) is 4.79 Å². The molecule has 0 fully saturated rings. The van der Waals surface area contributed by atoms with Crippen molar-refractivity contribution in [1.29, 1.82) is 0 Å². The van der Waals surface area contributed by atoms with Gasteiger partial charge in [0.2, 0.25) is 11.1 Å². The van der Waals surface area contributed by atoms with Gasteiger partial charge in [0.25, 0.3) is 0 Å². The third kappa shape index (κ3) is 4.06. The molecule has 1 N–H and O–H groups in total. The maximum atomic E-state index is 13.4. The molecule has 2 heterocycles. The smallest absolute Gasteiger partial charge is 0.227 e. The molecule has 2 aliphatic rings. The SMILES string of the molecule is COc1ccccc1[C@H]1C2=C(CC(C)(C)CC2=O)Nc2nc(SCc3ccccc3C)nn21. The Morgan fingerprint density at radius 3 is 2.70 bits per heavy atom. The molecule has 0 bridgehead atoms. The van der Waals surface area contributed by atoms with E-state index >= 15 is 0 Å². The molecule has 1 aromatic heterocycles. The van der Waals surface area contributed by atoms with Gasteiger partial charge in [-0.05, 0) is 36.0 Å². The van der Waals surface area contributed by atoms with Gasteiger partial charge in [0, 0.05) is 29.0 Å². The molecular weight excluding hydrogens is 432 g/mol. The molecule has 6 nitrogen and oxygen atoms in total. The molecule has 1 aliphatic carbocycles. The molecule has 0 radical (unpaired) electrons. The summed E-state index contributed by atoms with van der Waals surface area (Å²) in [6, 6.07) is 15.8. The first-order valence-corrected chi connectivity index (χ1v) is 12.1. The minimum absolute atomic E-state index is 0.0984. The Bertz CT molecular complexity index is 1260. The van der Waals surface area contributed by atoms with Crippen LogP contribution >= 0.6 is 11.8 Å². The summed E-state index contributed by atoms with van der Waals surface area (Å²) in [4.78, 5) is 18.2. The van der Waals surface area contributed by atoms with E-state index in [1.54, 1.807) is 18.9 Å². The molecule has 2 aromatic carbocycles. The van der Waals surface area contributed by atoms with Gasteiger partial charge in [-0.2, -0.15) is 4.98 Å². The van der Waals surface area contributed by atoms with Crippen LogP contribution in [0, 0.1) is 12.3 Å². The molecule has 0 unspecified atom stereocenters. The van der Waals surface area contributed by atoms with Gasteiger partial charge in [-0.1, -0.05) is 68.1 Å². The van der Waals surface area contributed by atoms with E-state index in [-0.39, 0.29) is 17.2 Å². The van der Waals surface area contributed by atoms with Crippen LogP contribution in [-0.2, 0) is 10.5 Å². The molecule has 0 saturated heterocycles. The van der Waals surface area contributed by atoms with Crippen molar-refractivity contribution < 1.29 is 9.53 Å². The third-order valence-electron chi connectivity index (χ3n) is 6.36. The summed E-state index contributed by atoms with van der Waals surface area (Å²) < 4.78 is 7.53. The normalized spacial score (nSPS) is 19.0. The summed E-state index contributed by atoms with van der Waals surface area (Å²) in [5.74, 6) is 2.35. The molecule has 0 saturated carbocycles. The number of benzene rings is 2. The van der Waals surface area contributed by atoms with Crippen LogP contribution in [0.15, 0.2) is 65.0 Å². The number of nitrogens with zero attached hydrogens (tertiary/aromatic N) is 3. The number of aryl methyl sites for hydroxylation is 1. The first-order valence-electron chi connectivity index (χ1n) is 11.2. The number of para-hydroxylation sites is 1. The summed E-state index contributed by atoms with van der Waals surface area (Å²) in [6.45, 7) is 6.39. The fourth-order valence-corrected chi connectivity index (χ4v) is 5.65. The van der Waals surface area contributed by atoms with Crippen molar-refractivity contribution in [3.05, 3.63) is 76.5 Å². The second-order valence-corrected chi connectivity index (χ2v) is 10.4. The summed E-state index contributed by atoms with van der Waals surface area (Å²) in [5.41, 5.74) is 5.06. The number of aromatic nitrogens is 3. The van der Waals surface area contributed by atoms with Gasteiger partial charge in [0.1, 0.15) is 11.8 Å². The quantitative estimate of drug-likeness (QED) is 0.504. The van der Waals surface area contributed by atoms with Crippen molar-refractivity contribution in [2.24, 2.45) is 5.41 Å². The first-order chi connectivity index (χ1) is 15.9. The second-order valence-electron chi connectivity index (χ2n) is 9.48. The number of ketones is 1. The minimum Gasteiger partial charge on any atom is -0.496 e. The summed E-state index contributed by atoms with van der Waals surface area (Å²) >= 11 is 1.60. The van der Waals surface area contributed by atoms with E-state index < -0.39 is 0 Å². The minimum atomic E-state index is -0.365. The van der Waals surface area contributed by atoms with Crippen LogP contribution in [0.2, 0.25) is 0 Å². The number of methoxy groups -OCH3 is 1. The Balaban J connectivity index is 1.56. The highest BCUT2D eigenvalue weighted by Crippen LogP contribution is 2.47. The van der Waals surface area contributed by atoms with Gasteiger partial charge in [0.15, 0.2) is 5.78 Å². The van der Waals surface area contributed by atoms with Gasteiger partial charge in [0.05, 0.1) is 7.11 Å². The van der Waals surface area contributed by atoms with Crippen molar-refractivity contribution >= 4 is 23.5 Å². The molecule has 0 spiro atoms. The number of thioether (sulfide) groups is 1. The zero-order chi connectivity index (χ0) is 23.2. The van der Waals surface area contributed by atoms with Crippen molar-refractivity contribution in [1.82, 2.24) is 14.8 Å². The molecule has 3 aromatic rings. The predicted octanol–water partition coefficient (Wildman–Crippen LogP) is 5.55. The van der Waals surface area contributed by atoms with E-state index in [4.69, 9.17) is 14.8 Å². The van der Waals surface area contributed by atoms with Crippen LogP contribution in [0.3, 0.4) is 0 Å². The highest BCUT2D eigenvalue weighted by Gasteiger charge is 2.42. The number of fused-ring (bicyclic) bond motifs is 1. The van der Waals surface area contributed by atoms with Gasteiger partial charge >= 0.3 is 0 Å². The Labute approximate surface area is 198 Å². The highest BCUT2D eigenvalue weighted by atomic mass is 32.2. The molecule has 5 rings (SSSR count). The van der Waals surface area contributed by atoms with E-state index in [1.807, 2.05) is 35.0 Å². The van der Waals surface area contributed by atoms with Crippen molar-refractivity contribution in [2.75, 3.05) is 12.4 Å². The number of nitrogens with one attached hydrogen (secondary N) is 1. The zero-order valence-electron chi connectivity index (χ0n) is 19.4. The average Bonchev–Trinajstić information content (AvgIpc) is 3.18. The van der Waals surface area contributed by atoms with Crippen LogP contribution in [0.5, 0.6) is 5.75 Å². The zero-order valence-corrected chi connectivity index (χ0v) is 20.2. The number of anilines is 1. The molecule has 7 heteroatoms. The van der Waals surface area contributed by atoms with Gasteiger partial charge in [-0.3, -0.25) is 4.79 Å². The second kappa shape index (κ2) is 8.37. The standard InChI is InChI=1S/C26H28N4O2S/c1-16-9-5-6-10-17(16)15-33-25-28-24-27-19-13-26(2,3)14-20(31)22(19)23(30(24)29-25)18-11-7-8-12-21(18)32-4/h5-12,23H,13-15H2,1-4H3,(H,27,28,29)/t23-/m0/s1. The molecule has 1 aliphatic heterocycles. The van der Waals surface area contributed by atoms with E-state index in [0.717, 1.165) is 34.8 Å². The lowest BCUT2D eigenvalue weighted by Gasteiger charge is -2.38. The number of hydrogen-bond acceptors (Lipinski definition) is 6. The molecule has 0 amide bonds. The van der Waals surface area contributed by atoms with Gasteiger partial charge < -0.3 is 10.1 Å². The fraction of sp³-hybridized carbons (Fsp3) is 0.346. The largest absolute Gasteiger partial charge is 0.496 e. The lowest BCUT2D eigenvalue weighted by molar-refractivity contribution is -0.118. The fourth-order valence-electron chi connectivity index (χ4n) is 4.74. The maximum absolute atomic E-state index is 13.4. The topological polar surface area (TPSA) is 69.0 Å². The van der Waals surface area contributed by atoms with E-state index in [0.29, 0.717) is 17.5 Å². The number of carbonyl (C=O) groups excluding carboxylic acids is 1. The van der Waals surface area contributed by atoms with Gasteiger partial charge in [-0.25, -0.2) is 4.68 Å². The van der Waals surface area contributed by atoms with Crippen LogP contribution in [0.4, 0.5) is 5.95 Å². The number of allylic oxidation sites excluding steroid dienone is 2. The van der Waals surface area contributed by atoms with Gasteiger partial charge in [-0.15, -0.1) is 5.10 Å². The van der Waals surface area contributed by atoms with Crippen LogP contribution in [0.25, 0.3) is 0 Å². The van der Waals surface area contributed by atoms with Crippen LogP contribution in [-0.4, -0.2) is 27.7 Å². The van der Waals surface area contributed by atoms with Crippen LogP contribution in [0.1, 0.15) is 49.4 Å². The molecule has 170 valence electrons. The van der Waals surface area contributed by atoms with Crippen molar-refractivity contribution in [3.8, 4) is 5.75 Å². The number of rotatable bonds is 5. The summed E-state index contributed by atoms with van der Waals surface area (Å²) in [5, 5.41) is 8.99. The Morgan fingerprint density at radius 1 is 1.15 bits per heavy atom. The van der Waals surface area contributed by atoms with Crippen molar-refractivity contribution in [3.63, 3.8) is 0 Å². The maximum Gasteiger partial charge on any atom is 0.227 e. The average molecular weight is 461 g/mol. The number of carbonyl (C=O) groups is 1. The first kappa shape index (κ1) is 21.8. The monoisotopic (exact) mass is 460 g/mol. The Morgan fingerprint density at radius 2 is 1.91 bits per heavy atom. The molecule has 33 heavy (non-hydrogen) atoms. The number of ether oxygens (including phenoxy) is 1. The summed E-state index contributed by atoms with van der Waals surface area (Å²) in [7, 11) is 1.66. The van der Waals surface area contributed by atoms with Crippen LogP contribution < -0.4 is 10.1 Å². The Hall–Kier alpha value is -3.06. The van der Waals surface area contributed by atoms with E-state index in [2.05, 4.69) is 44.3 Å². The predicted molar refractivity (Wildman–Crippen MR) is 131 cm³/mol. The Kier molecular flexibility index (Phi) is 5.52. The number of Topliss-reactive ketones (excluding diaryl/α,β-unsaturated/α-hetero) is 1. The number of hydrogen-bond donors (Lipinski definition) is 1. The lowest BCUT2D eigenvalue weighted by atomic mass is 9.73. The lowest BCUT2D eigenvalue weighted by Crippen LogP contribution is -2.36. The molecule has 1 atom stereocenters. The highest BCUT2D eigenvalue weighted by molar-refractivity contribution is 7.98. The molecular formula is C26H28N4O2S.